The van der Waals surface area contributed by atoms with E-state index < -0.39 is 0 Å². The third kappa shape index (κ3) is 9.23. The van der Waals surface area contributed by atoms with Crippen LogP contribution in [0.15, 0.2) is 29.3 Å². The average Bonchev–Trinajstić information content (AvgIpc) is 3.41. The van der Waals surface area contributed by atoms with E-state index in [0.717, 1.165) is 30.7 Å². The number of benzene rings is 1. The van der Waals surface area contributed by atoms with Gasteiger partial charge in [-0.3, -0.25) is 4.79 Å². The molecule has 0 bridgehead atoms. The zero-order valence-corrected chi connectivity index (χ0v) is 17.7. The molecule has 3 N–H and O–H groups in total. The minimum absolute atomic E-state index is 0. The van der Waals surface area contributed by atoms with Gasteiger partial charge in [0.05, 0.1) is 6.61 Å². The van der Waals surface area contributed by atoms with Gasteiger partial charge in [0, 0.05) is 44.5 Å². The van der Waals surface area contributed by atoms with E-state index in [9.17, 15) is 4.79 Å². The molecule has 0 atom stereocenters. The lowest BCUT2D eigenvalue weighted by Crippen LogP contribution is -2.33. The zero-order chi connectivity index (χ0) is 17.9. The topological polar surface area (TPSA) is 84.0 Å². The summed E-state index contributed by atoms with van der Waals surface area (Å²) in [6.45, 7) is 4.09. The highest BCUT2D eigenvalue weighted by molar-refractivity contribution is 14.0. The molecule has 8 heteroatoms. The van der Waals surface area contributed by atoms with Crippen molar-refractivity contribution >= 4 is 41.5 Å². The molecule has 1 aliphatic rings. The van der Waals surface area contributed by atoms with E-state index in [0.29, 0.717) is 31.8 Å². The minimum Gasteiger partial charge on any atom is -0.493 e. The van der Waals surface area contributed by atoms with E-state index >= 15 is 0 Å². The first-order chi connectivity index (χ1) is 12.2. The quantitative estimate of drug-likeness (QED) is 0.209. The van der Waals surface area contributed by atoms with E-state index in [4.69, 9.17) is 9.47 Å². The molecule has 0 saturated heterocycles. The van der Waals surface area contributed by atoms with Crippen molar-refractivity contribution in [3.05, 3.63) is 24.3 Å². The van der Waals surface area contributed by atoms with Gasteiger partial charge in [-0.05, 0) is 31.9 Å². The Hall–Kier alpha value is -1.55. The summed E-state index contributed by atoms with van der Waals surface area (Å²) in [4.78, 5) is 16.1. The standard InChI is InChI=1S/C18H28N4O3.HI/c1-3-19-18(20-13-17(23)21-14-8-9-14)22-15-6-4-7-16(12-15)25-11-5-10-24-2;/h4,6-7,12,14H,3,5,8-11,13H2,1-2H3,(H,21,23)(H2,19,20,22);1H. The Labute approximate surface area is 172 Å². The molecule has 0 aromatic heterocycles. The van der Waals surface area contributed by atoms with Crippen LogP contribution >= 0.6 is 24.0 Å². The fraction of sp³-hybridized carbons (Fsp3) is 0.556. The zero-order valence-electron chi connectivity index (χ0n) is 15.4. The van der Waals surface area contributed by atoms with Crippen molar-refractivity contribution in [1.29, 1.82) is 0 Å². The van der Waals surface area contributed by atoms with Crippen molar-refractivity contribution in [1.82, 2.24) is 10.6 Å². The summed E-state index contributed by atoms with van der Waals surface area (Å²) in [5.74, 6) is 1.31. The molecule has 2 rings (SSSR count). The molecular weight excluding hydrogens is 447 g/mol. The molecule has 1 saturated carbocycles. The number of ether oxygens (including phenoxy) is 2. The molecule has 0 radical (unpaired) electrons. The minimum atomic E-state index is -0.0464. The Morgan fingerprint density at radius 1 is 1.31 bits per heavy atom. The summed E-state index contributed by atoms with van der Waals surface area (Å²) < 4.78 is 10.7. The molecule has 0 spiro atoms. The lowest BCUT2D eigenvalue weighted by atomic mass is 10.3. The monoisotopic (exact) mass is 476 g/mol. The Kier molecular flexibility index (Phi) is 11.0. The Morgan fingerprint density at radius 3 is 2.81 bits per heavy atom. The van der Waals surface area contributed by atoms with Gasteiger partial charge in [-0.1, -0.05) is 6.07 Å². The third-order valence-electron chi connectivity index (χ3n) is 3.53. The summed E-state index contributed by atoms with van der Waals surface area (Å²) in [5, 5.41) is 9.26. The van der Waals surface area contributed by atoms with Crippen LogP contribution in [0.4, 0.5) is 5.69 Å². The maximum atomic E-state index is 11.8. The summed E-state index contributed by atoms with van der Waals surface area (Å²) in [6.07, 6.45) is 2.99. The van der Waals surface area contributed by atoms with Crippen molar-refractivity contribution in [3.63, 3.8) is 0 Å². The molecule has 1 amide bonds. The maximum absolute atomic E-state index is 11.8. The van der Waals surface area contributed by atoms with E-state index in [-0.39, 0.29) is 36.4 Å². The van der Waals surface area contributed by atoms with Crippen LogP contribution in [0.3, 0.4) is 0 Å². The Morgan fingerprint density at radius 2 is 2.12 bits per heavy atom. The van der Waals surface area contributed by atoms with Gasteiger partial charge in [0.25, 0.3) is 0 Å². The summed E-state index contributed by atoms with van der Waals surface area (Å²) in [7, 11) is 1.68. The van der Waals surface area contributed by atoms with Crippen LogP contribution in [0.1, 0.15) is 26.2 Å². The fourth-order valence-electron chi connectivity index (χ4n) is 2.15. The fourth-order valence-corrected chi connectivity index (χ4v) is 2.15. The van der Waals surface area contributed by atoms with Crippen LogP contribution in [0, 0.1) is 0 Å². The number of amides is 1. The lowest BCUT2D eigenvalue weighted by Gasteiger charge is -2.13. The molecule has 0 heterocycles. The number of nitrogens with one attached hydrogen (secondary N) is 3. The molecule has 1 aliphatic carbocycles. The molecule has 146 valence electrons. The molecule has 0 aliphatic heterocycles. The highest BCUT2D eigenvalue weighted by Gasteiger charge is 2.22. The highest BCUT2D eigenvalue weighted by atomic mass is 127. The largest absolute Gasteiger partial charge is 0.493 e. The number of aliphatic imine (C=N–C) groups is 1. The van der Waals surface area contributed by atoms with Crippen LogP contribution in [-0.4, -0.2) is 51.3 Å². The Bertz CT molecular complexity index is 579. The van der Waals surface area contributed by atoms with Crippen LogP contribution < -0.4 is 20.7 Å². The summed E-state index contributed by atoms with van der Waals surface area (Å²) >= 11 is 0. The number of nitrogens with zero attached hydrogens (tertiary/aromatic N) is 1. The molecule has 7 nitrogen and oxygen atoms in total. The van der Waals surface area contributed by atoms with E-state index in [1.165, 1.54) is 0 Å². The number of methoxy groups -OCH3 is 1. The smallest absolute Gasteiger partial charge is 0.242 e. The SMILES string of the molecule is CCNC(=NCC(=O)NC1CC1)Nc1cccc(OCCCOC)c1.I. The molecular formula is C18H29IN4O3. The first-order valence-electron chi connectivity index (χ1n) is 8.77. The first-order valence-corrected chi connectivity index (χ1v) is 8.77. The number of hydrogen-bond acceptors (Lipinski definition) is 4. The molecule has 1 fully saturated rings. The number of carbonyl (C=O) groups is 1. The molecule has 0 unspecified atom stereocenters. The van der Waals surface area contributed by atoms with Gasteiger partial charge < -0.3 is 25.4 Å². The number of carbonyl (C=O) groups excluding carboxylic acids is 1. The predicted octanol–water partition coefficient (Wildman–Crippen LogP) is 2.38. The second-order valence-electron chi connectivity index (χ2n) is 5.88. The maximum Gasteiger partial charge on any atom is 0.242 e. The highest BCUT2D eigenvalue weighted by Crippen LogP contribution is 2.18. The van der Waals surface area contributed by atoms with Gasteiger partial charge in [-0.25, -0.2) is 4.99 Å². The van der Waals surface area contributed by atoms with Crippen molar-refractivity contribution in [2.24, 2.45) is 4.99 Å². The van der Waals surface area contributed by atoms with Crippen LogP contribution in [-0.2, 0) is 9.53 Å². The Balaban J connectivity index is 0.00000338. The second-order valence-corrected chi connectivity index (χ2v) is 5.88. The van der Waals surface area contributed by atoms with Crippen molar-refractivity contribution in [3.8, 4) is 5.75 Å². The summed E-state index contributed by atoms with van der Waals surface area (Å²) in [5.41, 5.74) is 0.853. The predicted molar refractivity (Wildman–Crippen MR) is 115 cm³/mol. The van der Waals surface area contributed by atoms with Crippen LogP contribution in [0.25, 0.3) is 0 Å². The van der Waals surface area contributed by atoms with Gasteiger partial charge in [-0.2, -0.15) is 0 Å². The van der Waals surface area contributed by atoms with Crippen LogP contribution in [0.2, 0.25) is 0 Å². The van der Waals surface area contributed by atoms with Gasteiger partial charge in [0.2, 0.25) is 5.91 Å². The summed E-state index contributed by atoms with van der Waals surface area (Å²) in [6, 6.07) is 8.01. The number of guanidine groups is 1. The van der Waals surface area contributed by atoms with Gasteiger partial charge in [0.15, 0.2) is 5.96 Å². The molecule has 26 heavy (non-hydrogen) atoms. The van der Waals surface area contributed by atoms with E-state index in [1.807, 2.05) is 31.2 Å². The first kappa shape index (κ1) is 22.5. The van der Waals surface area contributed by atoms with E-state index in [2.05, 4.69) is 20.9 Å². The lowest BCUT2D eigenvalue weighted by molar-refractivity contribution is -0.119. The van der Waals surface area contributed by atoms with Crippen molar-refractivity contribution in [2.45, 2.75) is 32.2 Å². The van der Waals surface area contributed by atoms with E-state index in [1.54, 1.807) is 7.11 Å². The van der Waals surface area contributed by atoms with Gasteiger partial charge >= 0.3 is 0 Å². The molecule has 1 aromatic carbocycles. The van der Waals surface area contributed by atoms with Crippen LogP contribution in [0.5, 0.6) is 5.75 Å². The van der Waals surface area contributed by atoms with Crippen molar-refractivity contribution < 1.29 is 14.3 Å². The third-order valence-corrected chi connectivity index (χ3v) is 3.53. The second kappa shape index (κ2) is 12.7. The average molecular weight is 476 g/mol. The number of anilines is 1. The number of rotatable bonds is 10. The number of hydrogen-bond donors (Lipinski definition) is 3. The number of halogens is 1. The van der Waals surface area contributed by atoms with Crippen molar-refractivity contribution in [2.75, 3.05) is 38.7 Å². The molecule has 1 aromatic rings. The van der Waals surface area contributed by atoms with Gasteiger partial charge in [-0.15, -0.1) is 24.0 Å². The normalized spacial score (nSPS) is 13.5. The van der Waals surface area contributed by atoms with Gasteiger partial charge in [0.1, 0.15) is 12.3 Å².